The van der Waals surface area contributed by atoms with Crippen LogP contribution in [0.25, 0.3) is 0 Å². The maximum absolute atomic E-state index is 13.0. The lowest BCUT2D eigenvalue weighted by Crippen LogP contribution is -2.58. The quantitative estimate of drug-likeness (QED) is 0.773. The van der Waals surface area contributed by atoms with Gasteiger partial charge in [0.05, 0.1) is 26.2 Å². The third-order valence-corrected chi connectivity index (χ3v) is 5.08. The molecule has 2 rings (SSSR count). The Bertz CT molecular complexity index is 516. The van der Waals surface area contributed by atoms with Gasteiger partial charge >= 0.3 is 12.1 Å². The largest absolute Gasteiger partial charge is 0.471 e. The van der Waals surface area contributed by atoms with E-state index in [0.29, 0.717) is 18.5 Å². The maximum Gasteiger partial charge on any atom is 0.471 e. The van der Waals surface area contributed by atoms with Crippen molar-refractivity contribution in [2.24, 2.45) is 0 Å². The Balaban J connectivity index is 2.25. The van der Waals surface area contributed by atoms with Crippen molar-refractivity contribution in [1.29, 1.82) is 0 Å². The average Bonchev–Trinajstić information content (AvgIpc) is 2.56. The number of amides is 1. The molecule has 0 saturated carbocycles. The van der Waals surface area contributed by atoms with Gasteiger partial charge in [0.15, 0.2) is 0 Å². The molecule has 1 saturated heterocycles. The maximum atomic E-state index is 13.0. The minimum atomic E-state index is -4.85. The fourth-order valence-electron chi connectivity index (χ4n) is 3.44. The Kier molecular flexibility index (Phi) is 5.34. The summed E-state index contributed by atoms with van der Waals surface area (Å²) in [6, 6.07) is 7.80. The molecule has 1 aromatic rings. The summed E-state index contributed by atoms with van der Waals surface area (Å²) in [6.45, 7) is 7.79. The first-order valence-corrected chi connectivity index (χ1v) is 8.13. The second-order valence-corrected chi connectivity index (χ2v) is 6.16. The summed E-state index contributed by atoms with van der Waals surface area (Å²) in [4.78, 5) is 12.9. The van der Waals surface area contributed by atoms with E-state index in [1.807, 2.05) is 0 Å². The van der Waals surface area contributed by atoms with Gasteiger partial charge in [-0.25, -0.2) is 0 Å². The zero-order valence-electron chi connectivity index (χ0n) is 13.6. The van der Waals surface area contributed by atoms with Gasteiger partial charge in [0, 0.05) is 24.6 Å². The molecule has 0 bridgehead atoms. The van der Waals surface area contributed by atoms with Crippen molar-refractivity contribution in [3.05, 3.63) is 30.3 Å². The molecule has 1 aliphatic rings. The van der Waals surface area contributed by atoms with E-state index in [9.17, 15) is 18.0 Å². The van der Waals surface area contributed by atoms with Crippen molar-refractivity contribution >= 4 is 11.6 Å². The van der Waals surface area contributed by atoms with Crippen molar-refractivity contribution in [2.75, 3.05) is 31.1 Å². The number of alkyl halides is 3. The van der Waals surface area contributed by atoms with Crippen LogP contribution in [-0.4, -0.2) is 48.8 Å². The van der Waals surface area contributed by atoms with Gasteiger partial charge in [0.2, 0.25) is 0 Å². The van der Waals surface area contributed by atoms with Crippen molar-refractivity contribution in [3.8, 4) is 0 Å². The first-order chi connectivity index (χ1) is 10.8. The molecular weight excluding hydrogens is 305 g/mol. The average molecular weight is 329 g/mol. The minimum absolute atomic E-state index is 0.327. The number of hydrogen-bond acceptors (Lipinski definition) is 1. The monoisotopic (exact) mass is 329 g/mol. The first-order valence-electron chi connectivity index (χ1n) is 8.13. The van der Waals surface area contributed by atoms with Gasteiger partial charge in [-0.2, -0.15) is 13.2 Å². The third-order valence-electron chi connectivity index (χ3n) is 5.08. The number of halogens is 3. The number of benzene rings is 1. The molecule has 1 amide bonds. The Morgan fingerprint density at radius 1 is 1.13 bits per heavy atom. The Labute approximate surface area is 135 Å². The highest BCUT2D eigenvalue weighted by atomic mass is 19.4. The predicted octanol–water partition coefficient (Wildman–Crippen LogP) is 3.60. The van der Waals surface area contributed by atoms with E-state index in [1.165, 1.54) is 0 Å². The van der Waals surface area contributed by atoms with Crippen LogP contribution >= 0.6 is 0 Å². The Morgan fingerprint density at radius 2 is 1.65 bits per heavy atom. The number of carbonyl (C=O) groups excluding carboxylic acids is 1. The predicted molar refractivity (Wildman–Crippen MR) is 84.1 cm³/mol. The standard InChI is InChI=1S/C17H24F3N2O/c1-3-22(4-2)12-10-15(11-13-22)21(16(23)17(18,19)20)14-8-6-5-7-9-14/h5-9,15H,3-4,10-13H2,1-2H3/q+1. The summed E-state index contributed by atoms with van der Waals surface area (Å²) in [5.74, 6) is -1.76. The van der Waals surface area contributed by atoms with Crippen molar-refractivity contribution in [1.82, 2.24) is 0 Å². The van der Waals surface area contributed by atoms with E-state index < -0.39 is 18.1 Å². The lowest BCUT2D eigenvalue weighted by atomic mass is 9.99. The van der Waals surface area contributed by atoms with Crippen molar-refractivity contribution in [3.63, 3.8) is 0 Å². The number of quaternary nitrogens is 1. The normalized spacial score (nSPS) is 18.7. The molecule has 23 heavy (non-hydrogen) atoms. The molecule has 3 nitrogen and oxygen atoms in total. The molecule has 1 heterocycles. The van der Waals surface area contributed by atoms with Gasteiger partial charge in [-0.1, -0.05) is 18.2 Å². The molecule has 1 aliphatic heterocycles. The SMILES string of the molecule is CC[N+]1(CC)CCC(N(C(=O)C(F)(F)F)c2ccccc2)CC1. The molecule has 0 N–H and O–H groups in total. The van der Waals surface area contributed by atoms with Crippen molar-refractivity contribution in [2.45, 2.75) is 38.9 Å². The van der Waals surface area contributed by atoms with E-state index in [0.717, 1.165) is 35.6 Å². The zero-order chi connectivity index (χ0) is 17.1. The molecule has 0 atom stereocenters. The van der Waals surface area contributed by atoms with Gasteiger partial charge in [-0.15, -0.1) is 0 Å². The topological polar surface area (TPSA) is 20.3 Å². The van der Waals surface area contributed by atoms with Gasteiger partial charge in [0.25, 0.3) is 0 Å². The molecule has 1 fully saturated rings. The van der Waals surface area contributed by atoms with E-state index in [1.54, 1.807) is 30.3 Å². The number of rotatable bonds is 4. The van der Waals surface area contributed by atoms with Crippen LogP contribution in [0, 0.1) is 0 Å². The fraction of sp³-hybridized carbons (Fsp3) is 0.588. The van der Waals surface area contributed by atoms with E-state index in [2.05, 4.69) is 13.8 Å². The summed E-state index contributed by atoms with van der Waals surface area (Å²) < 4.78 is 40.0. The van der Waals surface area contributed by atoms with Crippen LogP contribution in [0.2, 0.25) is 0 Å². The first kappa shape index (κ1) is 17.8. The van der Waals surface area contributed by atoms with Crippen LogP contribution in [-0.2, 0) is 4.79 Å². The van der Waals surface area contributed by atoms with Gasteiger partial charge < -0.3 is 9.38 Å². The number of nitrogens with zero attached hydrogens (tertiary/aromatic N) is 2. The van der Waals surface area contributed by atoms with Gasteiger partial charge in [0.1, 0.15) is 0 Å². The number of carbonyl (C=O) groups is 1. The van der Waals surface area contributed by atoms with Gasteiger partial charge in [-0.3, -0.25) is 4.79 Å². The van der Waals surface area contributed by atoms with Crippen molar-refractivity contribution < 1.29 is 22.4 Å². The van der Waals surface area contributed by atoms with Gasteiger partial charge in [-0.05, 0) is 26.0 Å². The molecule has 6 heteroatoms. The molecule has 0 aliphatic carbocycles. The van der Waals surface area contributed by atoms with Crippen LogP contribution < -0.4 is 4.90 Å². The summed E-state index contributed by atoms with van der Waals surface area (Å²) in [7, 11) is 0. The van der Waals surface area contributed by atoms with Crippen LogP contribution in [0.4, 0.5) is 18.9 Å². The number of anilines is 1. The second kappa shape index (κ2) is 6.91. The minimum Gasteiger partial charge on any atom is -0.324 e. The van der Waals surface area contributed by atoms with E-state index in [-0.39, 0.29) is 0 Å². The summed E-state index contributed by atoms with van der Waals surface area (Å²) in [5.41, 5.74) is 0.327. The highest BCUT2D eigenvalue weighted by Gasteiger charge is 2.46. The summed E-state index contributed by atoms with van der Waals surface area (Å²) in [5, 5.41) is 0. The van der Waals surface area contributed by atoms with E-state index in [4.69, 9.17) is 0 Å². The molecule has 0 radical (unpaired) electrons. The van der Waals surface area contributed by atoms with Crippen LogP contribution in [0.15, 0.2) is 30.3 Å². The summed E-state index contributed by atoms with van der Waals surface area (Å²) in [6.07, 6.45) is -3.66. The smallest absolute Gasteiger partial charge is 0.324 e. The third kappa shape index (κ3) is 3.86. The number of hydrogen-bond donors (Lipinski definition) is 0. The molecule has 1 aromatic carbocycles. The van der Waals surface area contributed by atoms with Crippen LogP contribution in [0.1, 0.15) is 26.7 Å². The lowest BCUT2D eigenvalue weighted by molar-refractivity contribution is -0.929. The lowest BCUT2D eigenvalue weighted by Gasteiger charge is -2.45. The summed E-state index contributed by atoms with van der Waals surface area (Å²) >= 11 is 0. The highest BCUT2D eigenvalue weighted by molar-refractivity contribution is 5.97. The molecular formula is C17H24F3N2O+. The van der Waals surface area contributed by atoms with Crippen LogP contribution in [0.5, 0.6) is 0 Å². The number of piperidine rings is 1. The number of likely N-dealkylation sites (tertiary alicyclic amines) is 1. The molecule has 0 spiro atoms. The molecule has 0 aromatic heterocycles. The fourth-order valence-corrected chi connectivity index (χ4v) is 3.44. The van der Waals surface area contributed by atoms with Crippen LogP contribution in [0.3, 0.4) is 0 Å². The molecule has 0 unspecified atom stereocenters. The second-order valence-electron chi connectivity index (χ2n) is 6.16. The molecule has 128 valence electrons. The Morgan fingerprint density at radius 3 is 2.09 bits per heavy atom. The van der Waals surface area contributed by atoms with E-state index >= 15 is 0 Å². The Hall–Kier alpha value is -1.56. The number of para-hydroxylation sites is 1. The zero-order valence-corrected chi connectivity index (χ0v) is 13.6. The highest BCUT2D eigenvalue weighted by Crippen LogP contribution is 2.31.